The molecular formula is C27H28N4O5. The Morgan fingerprint density at radius 1 is 1.17 bits per heavy atom. The zero-order valence-corrected chi connectivity index (χ0v) is 20.0. The second-order valence-electron chi connectivity index (χ2n) is 9.72. The number of carbonyl (C=O) groups is 4. The van der Waals surface area contributed by atoms with Gasteiger partial charge in [0.1, 0.15) is 5.82 Å². The van der Waals surface area contributed by atoms with Crippen molar-refractivity contribution in [3.63, 3.8) is 0 Å². The van der Waals surface area contributed by atoms with E-state index in [0.717, 1.165) is 47.7 Å². The Hall–Kier alpha value is -4.01. The fraction of sp³-hybridized carbons (Fsp3) is 0.370. The van der Waals surface area contributed by atoms with Crippen LogP contribution in [0.2, 0.25) is 0 Å². The Morgan fingerprint density at radius 2 is 1.89 bits per heavy atom. The molecule has 1 aliphatic carbocycles. The summed E-state index contributed by atoms with van der Waals surface area (Å²) in [4.78, 5) is 57.8. The highest BCUT2D eigenvalue weighted by Gasteiger charge is 2.33. The molecule has 0 radical (unpaired) electrons. The number of H-pyrrole nitrogens is 1. The highest BCUT2D eigenvalue weighted by Crippen LogP contribution is 2.39. The molecule has 9 heteroatoms. The van der Waals surface area contributed by atoms with Crippen LogP contribution in [0.1, 0.15) is 72.3 Å². The average Bonchev–Trinajstić information content (AvgIpc) is 3.58. The predicted molar refractivity (Wildman–Crippen MR) is 134 cm³/mol. The number of hydrogen-bond donors (Lipinski definition) is 3. The highest BCUT2D eigenvalue weighted by molar-refractivity contribution is 6.20. The summed E-state index contributed by atoms with van der Waals surface area (Å²) in [6, 6.07) is 6.65. The molecule has 1 unspecified atom stereocenters. The number of imide groups is 1. The van der Waals surface area contributed by atoms with E-state index in [9.17, 15) is 19.2 Å². The van der Waals surface area contributed by atoms with E-state index >= 15 is 0 Å². The molecule has 0 spiro atoms. The van der Waals surface area contributed by atoms with Gasteiger partial charge in [-0.1, -0.05) is 25.7 Å². The van der Waals surface area contributed by atoms with Crippen LogP contribution in [-0.2, 0) is 14.4 Å². The van der Waals surface area contributed by atoms with Crippen LogP contribution in [0.15, 0.2) is 36.7 Å². The smallest absolute Gasteiger partial charge is 0.337 e. The number of nitrogens with zero attached hydrogens (tertiary/aromatic N) is 2. The lowest BCUT2D eigenvalue weighted by atomic mass is 9.86. The molecule has 186 valence electrons. The monoisotopic (exact) mass is 488 g/mol. The summed E-state index contributed by atoms with van der Waals surface area (Å²) in [7, 11) is 0. The van der Waals surface area contributed by atoms with Crippen molar-refractivity contribution in [1.82, 2.24) is 9.97 Å². The number of fused-ring (bicyclic) bond motifs is 1. The van der Waals surface area contributed by atoms with Crippen LogP contribution in [0.5, 0.6) is 0 Å². The number of carboxylic acids is 1. The van der Waals surface area contributed by atoms with E-state index < -0.39 is 11.9 Å². The normalized spacial score (nSPS) is 17.2. The lowest BCUT2D eigenvalue weighted by Crippen LogP contribution is -2.29. The fourth-order valence-corrected chi connectivity index (χ4v) is 5.42. The molecule has 3 heterocycles. The second-order valence-corrected chi connectivity index (χ2v) is 9.72. The van der Waals surface area contributed by atoms with E-state index in [1.165, 1.54) is 23.2 Å². The number of aromatic nitrogens is 2. The number of carboxylic acid groups (broad SMARTS) is 1. The number of benzene rings is 1. The maximum atomic E-state index is 13.5. The molecule has 3 amide bonds. The quantitative estimate of drug-likeness (QED) is 0.419. The molecule has 5 rings (SSSR count). The third kappa shape index (κ3) is 4.48. The van der Waals surface area contributed by atoms with Crippen molar-refractivity contribution in [2.75, 3.05) is 10.2 Å². The SMILES string of the molecule is Cc1cc2c(C(CC3CCCC3)C(=O)Nc3ccc(C(=O)O)cn3)c[nH]c2cc1N1C(=O)CCC1=O. The van der Waals surface area contributed by atoms with E-state index in [1.807, 2.05) is 25.3 Å². The summed E-state index contributed by atoms with van der Waals surface area (Å²) in [5.41, 5.74) is 3.02. The predicted octanol–water partition coefficient (Wildman–Crippen LogP) is 4.53. The Labute approximate surface area is 207 Å². The van der Waals surface area contributed by atoms with E-state index in [4.69, 9.17) is 5.11 Å². The van der Waals surface area contributed by atoms with E-state index in [1.54, 1.807) is 0 Å². The third-order valence-corrected chi connectivity index (χ3v) is 7.32. The first-order chi connectivity index (χ1) is 17.3. The van der Waals surface area contributed by atoms with Gasteiger partial charge in [0.05, 0.1) is 17.2 Å². The lowest BCUT2D eigenvalue weighted by molar-refractivity contribution is -0.121. The zero-order valence-electron chi connectivity index (χ0n) is 20.0. The first kappa shape index (κ1) is 23.7. The van der Waals surface area contributed by atoms with E-state index in [2.05, 4.69) is 15.3 Å². The van der Waals surface area contributed by atoms with Gasteiger partial charge in [0, 0.05) is 36.1 Å². The minimum Gasteiger partial charge on any atom is -0.478 e. The summed E-state index contributed by atoms with van der Waals surface area (Å²) < 4.78 is 0. The Balaban J connectivity index is 1.48. The molecule has 1 aromatic carbocycles. The first-order valence-electron chi connectivity index (χ1n) is 12.3. The number of amides is 3. The van der Waals surface area contributed by atoms with Gasteiger partial charge in [0.25, 0.3) is 0 Å². The van der Waals surface area contributed by atoms with Gasteiger partial charge in [-0.3, -0.25) is 19.3 Å². The van der Waals surface area contributed by atoms with Crippen molar-refractivity contribution in [3.8, 4) is 0 Å². The van der Waals surface area contributed by atoms with Gasteiger partial charge in [-0.2, -0.15) is 0 Å². The van der Waals surface area contributed by atoms with Gasteiger partial charge >= 0.3 is 5.97 Å². The third-order valence-electron chi connectivity index (χ3n) is 7.32. The van der Waals surface area contributed by atoms with E-state index in [0.29, 0.717) is 23.8 Å². The van der Waals surface area contributed by atoms with Crippen LogP contribution in [0.25, 0.3) is 10.9 Å². The van der Waals surface area contributed by atoms with Crippen molar-refractivity contribution in [1.29, 1.82) is 0 Å². The molecule has 1 saturated carbocycles. The summed E-state index contributed by atoms with van der Waals surface area (Å²) in [5, 5.41) is 12.8. The summed E-state index contributed by atoms with van der Waals surface area (Å²) in [5.74, 6) is -1.39. The minimum absolute atomic E-state index is 0.0494. The molecular weight excluding hydrogens is 460 g/mol. The molecule has 0 bridgehead atoms. The van der Waals surface area contributed by atoms with Gasteiger partial charge < -0.3 is 15.4 Å². The number of carbonyl (C=O) groups excluding carboxylic acids is 3. The minimum atomic E-state index is -1.08. The molecule has 3 N–H and O–H groups in total. The van der Waals surface area contributed by atoms with Gasteiger partial charge in [0.15, 0.2) is 0 Å². The number of aryl methyl sites for hydroxylation is 1. The van der Waals surface area contributed by atoms with Crippen LogP contribution < -0.4 is 10.2 Å². The van der Waals surface area contributed by atoms with Crippen molar-refractivity contribution >= 4 is 46.1 Å². The molecule has 2 fully saturated rings. The molecule has 1 aliphatic heterocycles. The van der Waals surface area contributed by atoms with Gasteiger partial charge in [0.2, 0.25) is 17.7 Å². The van der Waals surface area contributed by atoms with Crippen molar-refractivity contribution in [2.24, 2.45) is 5.92 Å². The van der Waals surface area contributed by atoms with Gasteiger partial charge in [-0.25, -0.2) is 9.78 Å². The highest BCUT2D eigenvalue weighted by atomic mass is 16.4. The molecule has 3 aromatic rings. The molecule has 36 heavy (non-hydrogen) atoms. The maximum Gasteiger partial charge on any atom is 0.337 e. The van der Waals surface area contributed by atoms with E-state index in [-0.39, 0.29) is 36.1 Å². The fourth-order valence-electron chi connectivity index (χ4n) is 5.42. The number of pyridine rings is 1. The number of nitrogens with one attached hydrogen (secondary N) is 2. The van der Waals surface area contributed by atoms with Crippen LogP contribution in [-0.4, -0.2) is 38.8 Å². The van der Waals surface area contributed by atoms with Crippen LogP contribution in [0, 0.1) is 12.8 Å². The standard InChI is InChI=1S/C27H28N4O5/c1-15-10-18-20(14-28-21(18)12-22(15)31-24(32)8-9-25(31)33)19(11-16-4-2-3-5-16)26(34)30-23-7-6-17(13-29-23)27(35)36/h6-7,10,12-14,16,19,28H,2-5,8-9,11H2,1H3,(H,35,36)(H,29,30,34). The molecule has 2 aliphatic rings. The topological polar surface area (TPSA) is 132 Å². The number of aromatic amines is 1. The van der Waals surface area contributed by atoms with Gasteiger partial charge in [-0.15, -0.1) is 0 Å². The maximum absolute atomic E-state index is 13.5. The molecule has 2 aromatic heterocycles. The number of anilines is 2. The van der Waals surface area contributed by atoms with Crippen molar-refractivity contribution in [2.45, 2.75) is 57.8 Å². The molecule has 1 saturated heterocycles. The summed E-state index contributed by atoms with van der Waals surface area (Å²) in [6.45, 7) is 1.87. The summed E-state index contributed by atoms with van der Waals surface area (Å²) >= 11 is 0. The number of hydrogen-bond acceptors (Lipinski definition) is 5. The summed E-state index contributed by atoms with van der Waals surface area (Å²) in [6.07, 6.45) is 8.67. The Bertz CT molecular complexity index is 1340. The van der Waals surface area contributed by atoms with Crippen molar-refractivity contribution in [3.05, 3.63) is 53.3 Å². The van der Waals surface area contributed by atoms with Crippen molar-refractivity contribution < 1.29 is 24.3 Å². The second kappa shape index (κ2) is 9.56. The van der Waals surface area contributed by atoms with Crippen LogP contribution >= 0.6 is 0 Å². The number of rotatable bonds is 7. The van der Waals surface area contributed by atoms with Crippen LogP contribution in [0.3, 0.4) is 0 Å². The Morgan fingerprint density at radius 3 is 2.53 bits per heavy atom. The zero-order chi connectivity index (χ0) is 25.4. The van der Waals surface area contributed by atoms with Crippen LogP contribution in [0.4, 0.5) is 11.5 Å². The lowest BCUT2D eigenvalue weighted by Gasteiger charge is -2.21. The first-order valence-corrected chi connectivity index (χ1v) is 12.3. The molecule has 1 atom stereocenters. The number of aromatic carboxylic acids is 1. The van der Waals surface area contributed by atoms with Gasteiger partial charge in [-0.05, 0) is 54.7 Å². The molecule has 9 nitrogen and oxygen atoms in total. The average molecular weight is 489 g/mol. The Kier molecular flexibility index (Phi) is 6.30. The largest absolute Gasteiger partial charge is 0.478 e.